The van der Waals surface area contributed by atoms with Gasteiger partial charge in [0.15, 0.2) is 0 Å². The number of hydrogen-bond acceptors (Lipinski definition) is 1. The van der Waals surface area contributed by atoms with E-state index < -0.39 is 0 Å². The Bertz CT molecular complexity index is 1340. The second kappa shape index (κ2) is 6.82. The summed E-state index contributed by atoms with van der Waals surface area (Å²) in [5.74, 6) is 0. The third-order valence-corrected chi connectivity index (χ3v) is 5.27. The van der Waals surface area contributed by atoms with Gasteiger partial charge in [-0.25, -0.2) is 0 Å². The lowest BCUT2D eigenvalue weighted by Gasteiger charge is -2.15. The molecule has 2 nitrogen and oxygen atoms in total. The Balaban J connectivity index is 1.87. The first-order chi connectivity index (χ1) is 13.8. The average Bonchev–Trinajstić information content (AvgIpc) is 3.04. The van der Waals surface area contributed by atoms with Crippen LogP contribution in [0.4, 0.5) is 0 Å². The monoisotopic (exact) mass is 361 g/mol. The molecular weight excluding hydrogens is 342 g/mol. The van der Waals surface area contributed by atoms with Crippen LogP contribution < -0.4 is 5.56 Å². The van der Waals surface area contributed by atoms with Crippen molar-refractivity contribution >= 4 is 27.2 Å². The summed E-state index contributed by atoms with van der Waals surface area (Å²) in [6.45, 7) is 0. The molecule has 1 aliphatic rings. The van der Waals surface area contributed by atoms with E-state index in [0.717, 1.165) is 33.8 Å². The molecule has 1 aliphatic carbocycles. The van der Waals surface area contributed by atoms with E-state index in [1.807, 2.05) is 59.2 Å². The summed E-state index contributed by atoms with van der Waals surface area (Å²) in [6, 6.07) is 24.1. The number of fused-ring (bicyclic) bond motifs is 3. The molecule has 0 saturated heterocycles. The number of nitrogens with zero attached hydrogens (tertiary/aromatic N) is 1. The molecule has 1 heterocycles. The smallest absolute Gasteiger partial charge is 0.263 e. The fraction of sp³-hybridized carbons (Fsp3) is 0.0385. The highest BCUT2D eigenvalue weighted by molar-refractivity contribution is 6.07. The van der Waals surface area contributed by atoms with Gasteiger partial charge < -0.3 is 0 Å². The molecule has 0 saturated carbocycles. The third kappa shape index (κ3) is 2.71. The van der Waals surface area contributed by atoms with Crippen molar-refractivity contribution in [3.8, 4) is 5.69 Å². The molecule has 0 N–H and O–H groups in total. The van der Waals surface area contributed by atoms with Gasteiger partial charge in [0.05, 0.1) is 5.52 Å². The van der Waals surface area contributed by atoms with Gasteiger partial charge in [-0.05, 0) is 53.3 Å². The van der Waals surface area contributed by atoms with E-state index in [1.165, 1.54) is 11.1 Å². The topological polar surface area (TPSA) is 22.0 Å². The fourth-order valence-corrected chi connectivity index (χ4v) is 3.91. The first kappa shape index (κ1) is 16.5. The molecule has 0 aliphatic heterocycles. The molecule has 0 atom stereocenters. The van der Waals surface area contributed by atoms with Crippen molar-refractivity contribution in [3.05, 3.63) is 119 Å². The van der Waals surface area contributed by atoms with Crippen LogP contribution in [0.1, 0.15) is 12.0 Å². The van der Waals surface area contributed by atoms with Gasteiger partial charge in [0.2, 0.25) is 0 Å². The lowest BCUT2D eigenvalue weighted by Crippen LogP contribution is -2.19. The van der Waals surface area contributed by atoms with Gasteiger partial charge in [0.1, 0.15) is 0 Å². The standard InChI is InChI=1S/C26H19NO/c28-26-23-15-9-8-14-22(23)24-18-20(19-10-4-1-2-5-11-19)16-17-25(24)27(26)21-12-6-3-7-13-21/h1-10,12-18H,11H2. The molecule has 28 heavy (non-hydrogen) atoms. The lowest BCUT2D eigenvalue weighted by molar-refractivity contribution is 1.06. The molecule has 0 bridgehead atoms. The number of pyridine rings is 1. The highest BCUT2D eigenvalue weighted by atomic mass is 16.1. The van der Waals surface area contributed by atoms with Gasteiger partial charge in [-0.1, -0.05) is 72.8 Å². The van der Waals surface area contributed by atoms with E-state index in [0.29, 0.717) is 0 Å². The van der Waals surface area contributed by atoms with Crippen LogP contribution in [0.25, 0.3) is 32.9 Å². The number of hydrogen-bond donors (Lipinski definition) is 0. The van der Waals surface area contributed by atoms with Crippen molar-refractivity contribution in [2.24, 2.45) is 0 Å². The minimum atomic E-state index is 0.0154. The Kier molecular flexibility index (Phi) is 4.02. The van der Waals surface area contributed by atoms with E-state index in [9.17, 15) is 4.79 Å². The number of aromatic nitrogens is 1. The van der Waals surface area contributed by atoms with Crippen LogP contribution in [0.15, 0.2) is 108 Å². The summed E-state index contributed by atoms with van der Waals surface area (Å²) in [5.41, 5.74) is 4.29. The van der Waals surface area contributed by atoms with Crippen LogP contribution in [0, 0.1) is 0 Å². The molecule has 134 valence electrons. The quantitative estimate of drug-likeness (QED) is 0.399. The van der Waals surface area contributed by atoms with E-state index in [4.69, 9.17) is 0 Å². The normalized spacial score (nSPS) is 13.6. The predicted molar refractivity (Wildman–Crippen MR) is 118 cm³/mol. The summed E-state index contributed by atoms with van der Waals surface area (Å²) in [7, 11) is 0. The molecule has 0 radical (unpaired) electrons. The Labute approximate surface area is 163 Å². The third-order valence-electron chi connectivity index (χ3n) is 5.27. The van der Waals surface area contributed by atoms with Crippen LogP contribution in [-0.4, -0.2) is 4.57 Å². The van der Waals surface area contributed by atoms with Crippen molar-refractivity contribution in [1.82, 2.24) is 4.57 Å². The minimum Gasteiger partial charge on any atom is -0.276 e. The predicted octanol–water partition coefficient (Wildman–Crippen LogP) is 6.04. The van der Waals surface area contributed by atoms with Crippen LogP contribution in [0.3, 0.4) is 0 Å². The molecule has 4 aromatic rings. The average molecular weight is 361 g/mol. The first-order valence-corrected chi connectivity index (χ1v) is 9.48. The van der Waals surface area contributed by atoms with Crippen molar-refractivity contribution in [2.45, 2.75) is 6.42 Å². The van der Waals surface area contributed by atoms with Crippen molar-refractivity contribution < 1.29 is 0 Å². The Morgan fingerprint density at radius 2 is 1.50 bits per heavy atom. The first-order valence-electron chi connectivity index (χ1n) is 9.48. The van der Waals surface area contributed by atoms with Crippen LogP contribution >= 0.6 is 0 Å². The van der Waals surface area contributed by atoms with Crippen LogP contribution in [-0.2, 0) is 0 Å². The SMILES string of the molecule is O=c1c2ccccc2c2cc(C3=CC=CC=CC3)ccc2n1-c1ccccc1. The summed E-state index contributed by atoms with van der Waals surface area (Å²) >= 11 is 0. The lowest BCUT2D eigenvalue weighted by atomic mass is 9.98. The van der Waals surface area contributed by atoms with Gasteiger partial charge in [-0.15, -0.1) is 0 Å². The van der Waals surface area contributed by atoms with Crippen molar-refractivity contribution in [1.29, 1.82) is 0 Å². The van der Waals surface area contributed by atoms with E-state index in [-0.39, 0.29) is 5.56 Å². The zero-order valence-corrected chi connectivity index (χ0v) is 15.4. The summed E-state index contributed by atoms with van der Waals surface area (Å²) in [4.78, 5) is 13.3. The van der Waals surface area contributed by atoms with Crippen molar-refractivity contribution in [3.63, 3.8) is 0 Å². The summed E-state index contributed by atoms with van der Waals surface area (Å²) in [5, 5.41) is 2.83. The molecule has 3 aromatic carbocycles. The maximum atomic E-state index is 13.3. The van der Waals surface area contributed by atoms with E-state index >= 15 is 0 Å². The van der Waals surface area contributed by atoms with Gasteiger partial charge in [0.25, 0.3) is 5.56 Å². The molecule has 0 amide bonds. The van der Waals surface area contributed by atoms with Crippen LogP contribution in [0.2, 0.25) is 0 Å². The van der Waals surface area contributed by atoms with Crippen molar-refractivity contribution in [2.75, 3.05) is 0 Å². The Morgan fingerprint density at radius 3 is 2.36 bits per heavy atom. The molecular formula is C26H19NO. The van der Waals surface area contributed by atoms with E-state index in [2.05, 4.69) is 48.6 Å². The fourth-order valence-electron chi connectivity index (χ4n) is 3.91. The van der Waals surface area contributed by atoms with Gasteiger partial charge in [-0.3, -0.25) is 9.36 Å². The summed E-state index contributed by atoms with van der Waals surface area (Å²) in [6.07, 6.45) is 11.4. The van der Waals surface area contributed by atoms with Gasteiger partial charge in [-0.2, -0.15) is 0 Å². The molecule has 0 spiro atoms. The molecule has 0 unspecified atom stereocenters. The number of rotatable bonds is 2. The van der Waals surface area contributed by atoms with Gasteiger partial charge in [0, 0.05) is 16.5 Å². The number of benzene rings is 3. The Hall–Kier alpha value is -3.65. The maximum Gasteiger partial charge on any atom is 0.263 e. The second-order valence-electron chi connectivity index (χ2n) is 6.96. The number of allylic oxidation sites excluding steroid dienone is 6. The molecule has 1 aromatic heterocycles. The largest absolute Gasteiger partial charge is 0.276 e. The van der Waals surface area contributed by atoms with Gasteiger partial charge >= 0.3 is 0 Å². The highest BCUT2D eigenvalue weighted by Gasteiger charge is 2.13. The van der Waals surface area contributed by atoms with E-state index in [1.54, 1.807) is 0 Å². The molecule has 0 fully saturated rings. The molecule has 2 heteroatoms. The highest BCUT2D eigenvalue weighted by Crippen LogP contribution is 2.29. The maximum absolute atomic E-state index is 13.3. The van der Waals surface area contributed by atoms with Crippen LogP contribution in [0.5, 0.6) is 0 Å². The molecule has 5 rings (SSSR count). The zero-order chi connectivity index (χ0) is 18.9. The zero-order valence-electron chi connectivity index (χ0n) is 15.4. The number of para-hydroxylation sites is 1. The minimum absolute atomic E-state index is 0.0154. The summed E-state index contributed by atoms with van der Waals surface area (Å²) < 4.78 is 1.82. The Morgan fingerprint density at radius 1 is 0.714 bits per heavy atom. The second-order valence-corrected chi connectivity index (χ2v) is 6.96.